The minimum Gasteiger partial charge on any atom is -0.346 e. The zero-order valence-electron chi connectivity index (χ0n) is 13.9. The number of carbonyl (C=O) groups excluding carboxylic acids is 1. The molecule has 0 saturated heterocycles. The zero-order chi connectivity index (χ0) is 17.5. The van der Waals surface area contributed by atoms with E-state index in [9.17, 15) is 4.79 Å². The molecule has 2 aromatic carbocycles. The molecular formula is C19H19N3O2S. The first-order chi connectivity index (χ1) is 12.2. The monoisotopic (exact) mass is 353 g/mol. The predicted molar refractivity (Wildman–Crippen MR) is 98.8 cm³/mol. The lowest BCUT2D eigenvalue weighted by Gasteiger charge is -2.10. The van der Waals surface area contributed by atoms with Crippen molar-refractivity contribution in [2.24, 2.45) is 0 Å². The molecule has 3 aromatic rings. The van der Waals surface area contributed by atoms with Crippen molar-refractivity contribution in [3.05, 3.63) is 72.1 Å². The lowest BCUT2D eigenvalue weighted by molar-refractivity contribution is -0.120. The lowest BCUT2D eigenvalue weighted by atomic mass is 10.2. The SMILES string of the molecule is C[C@@H](SCc1ccccc1)C(=O)NCc1nc(-c2ccccc2)no1. The van der Waals surface area contributed by atoms with Gasteiger partial charge in [-0.3, -0.25) is 4.79 Å². The van der Waals surface area contributed by atoms with Crippen LogP contribution in [0, 0.1) is 0 Å². The Bertz CT molecular complexity index is 806. The molecule has 6 heteroatoms. The highest BCUT2D eigenvalue weighted by molar-refractivity contribution is 7.99. The van der Waals surface area contributed by atoms with Crippen molar-refractivity contribution < 1.29 is 9.32 Å². The van der Waals surface area contributed by atoms with Crippen LogP contribution < -0.4 is 5.32 Å². The number of carbonyl (C=O) groups is 1. The summed E-state index contributed by atoms with van der Waals surface area (Å²) < 4.78 is 5.20. The van der Waals surface area contributed by atoms with Gasteiger partial charge in [0.25, 0.3) is 0 Å². The topological polar surface area (TPSA) is 68.0 Å². The van der Waals surface area contributed by atoms with Gasteiger partial charge in [0, 0.05) is 11.3 Å². The van der Waals surface area contributed by atoms with Crippen LogP contribution in [0.25, 0.3) is 11.4 Å². The number of nitrogens with one attached hydrogen (secondary N) is 1. The number of amides is 1. The fourth-order valence-electron chi connectivity index (χ4n) is 2.21. The maximum absolute atomic E-state index is 12.2. The number of aromatic nitrogens is 2. The second-order valence-electron chi connectivity index (χ2n) is 5.53. The van der Waals surface area contributed by atoms with Gasteiger partial charge in [-0.05, 0) is 12.5 Å². The Morgan fingerprint density at radius 2 is 1.80 bits per heavy atom. The van der Waals surface area contributed by atoms with E-state index in [1.165, 1.54) is 5.56 Å². The van der Waals surface area contributed by atoms with Crippen molar-refractivity contribution >= 4 is 17.7 Å². The maximum atomic E-state index is 12.2. The van der Waals surface area contributed by atoms with Gasteiger partial charge in [0.15, 0.2) is 0 Å². The van der Waals surface area contributed by atoms with E-state index in [-0.39, 0.29) is 17.7 Å². The van der Waals surface area contributed by atoms with Crippen molar-refractivity contribution in [2.75, 3.05) is 0 Å². The average Bonchev–Trinajstić information content (AvgIpc) is 3.15. The van der Waals surface area contributed by atoms with Gasteiger partial charge in [-0.2, -0.15) is 4.98 Å². The molecule has 3 rings (SSSR count). The van der Waals surface area contributed by atoms with Crippen LogP contribution in [-0.2, 0) is 17.1 Å². The van der Waals surface area contributed by atoms with Gasteiger partial charge in [0.1, 0.15) is 0 Å². The van der Waals surface area contributed by atoms with Crippen LogP contribution in [0.1, 0.15) is 18.4 Å². The number of rotatable bonds is 7. The normalized spacial score (nSPS) is 11.9. The van der Waals surface area contributed by atoms with E-state index >= 15 is 0 Å². The van der Waals surface area contributed by atoms with Gasteiger partial charge in [-0.25, -0.2) is 0 Å². The Balaban J connectivity index is 1.48. The van der Waals surface area contributed by atoms with Crippen LogP contribution in [0.2, 0.25) is 0 Å². The van der Waals surface area contributed by atoms with Crippen LogP contribution in [0.3, 0.4) is 0 Å². The molecule has 0 aliphatic heterocycles. The summed E-state index contributed by atoms with van der Waals surface area (Å²) in [5.41, 5.74) is 2.09. The number of hydrogen-bond donors (Lipinski definition) is 1. The van der Waals surface area contributed by atoms with Crippen molar-refractivity contribution in [1.82, 2.24) is 15.5 Å². The van der Waals surface area contributed by atoms with Crippen molar-refractivity contribution in [3.8, 4) is 11.4 Å². The molecule has 1 aromatic heterocycles. The number of thioether (sulfide) groups is 1. The number of nitrogens with zero attached hydrogens (tertiary/aromatic N) is 2. The Kier molecular flexibility index (Phi) is 5.85. The van der Waals surface area contributed by atoms with Crippen molar-refractivity contribution in [2.45, 2.75) is 24.5 Å². The Morgan fingerprint density at radius 1 is 1.12 bits per heavy atom. The summed E-state index contributed by atoms with van der Waals surface area (Å²) in [7, 11) is 0. The van der Waals surface area contributed by atoms with Gasteiger partial charge < -0.3 is 9.84 Å². The molecule has 0 spiro atoms. The standard InChI is InChI=1S/C19H19N3O2S/c1-14(25-13-15-8-4-2-5-9-15)19(23)20-12-17-21-18(22-24-17)16-10-6-3-7-11-16/h2-11,14H,12-13H2,1H3,(H,20,23)/t14-/m1/s1. The van der Waals surface area contributed by atoms with E-state index in [4.69, 9.17) is 4.52 Å². The molecule has 0 bridgehead atoms. The first kappa shape index (κ1) is 17.2. The minimum atomic E-state index is -0.156. The quantitative estimate of drug-likeness (QED) is 0.702. The maximum Gasteiger partial charge on any atom is 0.246 e. The summed E-state index contributed by atoms with van der Waals surface area (Å²) in [6.45, 7) is 2.13. The summed E-state index contributed by atoms with van der Waals surface area (Å²) in [4.78, 5) is 16.5. The molecule has 25 heavy (non-hydrogen) atoms. The van der Waals surface area contributed by atoms with Gasteiger partial charge in [0.2, 0.25) is 17.6 Å². The average molecular weight is 353 g/mol. The van der Waals surface area contributed by atoms with Crippen LogP contribution in [0.5, 0.6) is 0 Å². The lowest BCUT2D eigenvalue weighted by Crippen LogP contribution is -2.30. The van der Waals surface area contributed by atoms with Crippen LogP contribution in [0.15, 0.2) is 65.2 Å². The number of benzene rings is 2. The third-order valence-electron chi connectivity index (χ3n) is 3.63. The molecule has 0 fully saturated rings. The second kappa shape index (κ2) is 8.48. The smallest absolute Gasteiger partial charge is 0.246 e. The molecule has 1 atom stereocenters. The van der Waals surface area contributed by atoms with E-state index in [2.05, 4.69) is 27.6 Å². The highest BCUT2D eigenvalue weighted by Crippen LogP contribution is 2.18. The summed E-state index contributed by atoms with van der Waals surface area (Å²) in [5.74, 6) is 1.68. The first-order valence-corrected chi connectivity index (χ1v) is 9.08. The van der Waals surface area contributed by atoms with Crippen LogP contribution in [-0.4, -0.2) is 21.3 Å². The van der Waals surface area contributed by atoms with E-state index in [0.717, 1.165) is 11.3 Å². The summed E-state index contributed by atoms with van der Waals surface area (Å²) in [5, 5.41) is 6.63. The Labute approximate surface area is 150 Å². The molecular weight excluding hydrogens is 334 g/mol. The minimum absolute atomic E-state index is 0.0413. The van der Waals surface area contributed by atoms with Gasteiger partial charge >= 0.3 is 0 Å². The fourth-order valence-corrected chi connectivity index (χ4v) is 3.08. The predicted octanol–water partition coefficient (Wildman–Crippen LogP) is 3.67. The van der Waals surface area contributed by atoms with Crippen LogP contribution >= 0.6 is 11.8 Å². The van der Waals surface area contributed by atoms with E-state index in [0.29, 0.717) is 11.7 Å². The third kappa shape index (κ3) is 4.93. The summed E-state index contributed by atoms with van der Waals surface area (Å²) in [6, 6.07) is 19.7. The van der Waals surface area contributed by atoms with Crippen LogP contribution in [0.4, 0.5) is 0 Å². The van der Waals surface area contributed by atoms with Gasteiger partial charge in [-0.15, -0.1) is 11.8 Å². The highest BCUT2D eigenvalue weighted by Gasteiger charge is 2.15. The van der Waals surface area contributed by atoms with Gasteiger partial charge in [-0.1, -0.05) is 65.8 Å². The second-order valence-corrected chi connectivity index (χ2v) is 6.86. The molecule has 0 unspecified atom stereocenters. The molecule has 0 radical (unpaired) electrons. The molecule has 1 amide bonds. The van der Waals surface area contributed by atoms with Gasteiger partial charge in [0.05, 0.1) is 11.8 Å². The molecule has 0 aliphatic rings. The fraction of sp³-hybridized carbons (Fsp3) is 0.211. The molecule has 1 N–H and O–H groups in total. The molecule has 5 nitrogen and oxygen atoms in total. The zero-order valence-corrected chi connectivity index (χ0v) is 14.7. The highest BCUT2D eigenvalue weighted by atomic mass is 32.2. The van der Waals surface area contributed by atoms with Crippen molar-refractivity contribution in [3.63, 3.8) is 0 Å². The summed E-state index contributed by atoms with van der Waals surface area (Å²) >= 11 is 1.60. The Morgan fingerprint density at radius 3 is 2.52 bits per heavy atom. The molecule has 0 aliphatic carbocycles. The van der Waals surface area contributed by atoms with Crippen molar-refractivity contribution in [1.29, 1.82) is 0 Å². The van der Waals surface area contributed by atoms with E-state index in [1.54, 1.807) is 11.8 Å². The Hall–Kier alpha value is -2.60. The first-order valence-electron chi connectivity index (χ1n) is 8.03. The molecule has 128 valence electrons. The summed E-state index contributed by atoms with van der Waals surface area (Å²) in [6.07, 6.45) is 0. The van der Waals surface area contributed by atoms with E-state index in [1.807, 2.05) is 55.5 Å². The largest absolute Gasteiger partial charge is 0.346 e. The number of hydrogen-bond acceptors (Lipinski definition) is 5. The van der Waals surface area contributed by atoms with E-state index < -0.39 is 0 Å². The molecule has 1 heterocycles. The molecule has 0 saturated carbocycles. The third-order valence-corrected chi connectivity index (χ3v) is 4.84.